The Labute approximate surface area is 143 Å². The average molecular weight is 340 g/mol. The molecule has 0 spiro atoms. The quantitative estimate of drug-likeness (QED) is 0.845. The second-order valence-corrected chi connectivity index (χ2v) is 8.55. The maximum Gasteiger partial charge on any atom is 0.184 e. The van der Waals surface area contributed by atoms with Crippen LogP contribution in [-0.4, -0.2) is 18.7 Å². The Bertz CT molecular complexity index is 875. The Balaban J connectivity index is 2.07. The molecule has 3 rings (SSSR count). The third-order valence-electron chi connectivity index (χ3n) is 4.64. The second kappa shape index (κ2) is 6.74. The van der Waals surface area contributed by atoms with Gasteiger partial charge in [0.05, 0.1) is 5.25 Å². The molecule has 0 atom stereocenters. The van der Waals surface area contributed by atoms with Crippen LogP contribution in [-0.2, 0) is 9.84 Å². The van der Waals surface area contributed by atoms with Gasteiger partial charge in [0.1, 0.15) is 11.0 Å². The van der Waals surface area contributed by atoms with E-state index < -0.39 is 15.1 Å². The van der Waals surface area contributed by atoms with Crippen molar-refractivity contribution in [2.75, 3.05) is 0 Å². The van der Waals surface area contributed by atoms with Crippen LogP contribution in [0.25, 0.3) is 11.1 Å². The van der Waals surface area contributed by atoms with E-state index in [2.05, 4.69) is 4.98 Å². The van der Waals surface area contributed by atoms with Crippen molar-refractivity contribution in [1.29, 1.82) is 5.26 Å². The number of aryl methyl sites for hydroxylation is 1. The first-order chi connectivity index (χ1) is 11.5. The zero-order valence-corrected chi connectivity index (χ0v) is 14.5. The lowest BCUT2D eigenvalue weighted by Crippen LogP contribution is -2.25. The van der Waals surface area contributed by atoms with E-state index in [-0.39, 0.29) is 10.6 Å². The number of benzene rings is 1. The minimum atomic E-state index is -3.53. The molecule has 0 N–H and O–H groups in total. The minimum Gasteiger partial charge on any atom is -0.244 e. The van der Waals surface area contributed by atoms with Crippen molar-refractivity contribution in [1.82, 2.24) is 4.98 Å². The maximum absolute atomic E-state index is 13.0. The van der Waals surface area contributed by atoms with Crippen molar-refractivity contribution < 1.29 is 8.42 Å². The number of hydrogen-bond donors (Lipinski definition) is 0. The zero-order valence-electron chi connectivity index (χ0n) is 13.7. The van der Waals surface area contributed by atoms with Gasteiger partial charge in [-0.05, 0) is 31.4 Å². The van der Waals surface area contributed by atoms with Gasteiger partial charge in [-0.15, -0.1) is 0 Å². The van der Waals surface area contributed by atoms with Crippen molar-refractivity contribution in [3.8, 4) is 17.2 Å². The third-order valence-corrected chi connectivity index (χ3v) is 6.91. The zero-order chi connectivity index (χ0) is 17.2. The summed E-state index contributed by atoms with van der Waals surface area (Å²) in [5.41, 5.74) is 2.76. The summed E-state index contributed by atoms with van der Waals surface area (Å²) in [7, 11) is -3.53. The SMILES string of the molecule is Cc1ccc(-c2cnc(C#N)c(S(=O)(=O)C3CCCCC3)c2)cc1. The van der Waals surface area contributed by atoms with Gasteiger partial charge in [0.25, 0.3) is 0 Å². The Morgan fingerprint density at radius 3 is 2.38 bits per heavy atom. The molecule has 1 aliphatic rings. The van der Waals surface area contributed by atoms with Crippen LogP contribution in [0.4, 0.5) is 0 Å². The molecule has 2 aromatic rings. The lowest BCUT2D eigenvalue weighted by molar-refractivity contribution is 0.483. The predicted octanol–water partition coefficient (Wildman–Crippen LogP) is 4.04. The Morgan fingerprint density at radius 1 is 1.08 bits per heavy atom. The number of sulfone groups is 1. The van der Waals surface area contributed by atoms with E-state index in [4.69, 9.17) is 0 Å². The van der Waals surface area contributed by atoms with Crippen molar-refractivity contribution in [2.24, 2.45) is 0 Å². The fourth-order valence-corrected chi connectivity index (χ4v) is 5.18. The second-order valence-electron chi connectivity index (χ2n) is 6.35. The molecule has 0 radical (unpaired) electrons. The first-order valence-corrected chi connectivity index (χ1v) is 9.78. The summed E-state index contributed by atoms with van der Waals surface area (Å²) in [4.78, 5) is 4.20. The molecule has 124 valence electrons. The van der Waals surface area contributed by atoms with Crippen LogP contribution in [0.1, 0.15) is 43.4 Å². The molecule has 1 saturated carbocycles. The molecule has 1 aromatic heterocycles. The van der Waals surface area contributed by atoms with Gasteiger partial charge in [-0.3, -0.25) is 0 Å². The van der Waals surface area contributed by atoms with Gasteiger partial charge in [0.15, 0.2) is 15.5 Å². The Kier molecular flexibility index (Phi) is 4.68. The van der Waals surface area contributed by atoms with Crippen LogP contribution >= 0.6 is 0 Å². The highest BCUT2D eigenvalue weighted by Crippen LogP contribution is 2.31. The van der Waals surface area contributed by atoms with Gasteiger partial charge >= 0.3 is 0 Å². The number of nitriles is 1. The summed E-state index contributed by atoms with van der Waals surface area (Å²) in [5.74, 6) is 0. The summed E-state index contributed by atoms with van der Waals surface area (Å²) in [6.45, 7) is 2.00. The van der Waals surface area contributed by atoms with Crippen molar-refractivity contribution in [3.05, 3.63) is 47.8 Å². The molecule has 0 aliphatic heterocycles. The predicted molar refractivity (Wildman–Crippen MR) is 93.2 cm³/mol. The molecular formula is C19H20N2O2S. The molecule has 1 aliphatic carbocycles. The summed E-state index contributed by atoms with van der Waals surface area (Å²) in [5, 5.41) is 8.91. The molecule has 0 amide bonds. The van der Waals surface area contributed by atoms with Gasteiger partial charge in [-0.1, -0.05) is 49.1 Å². The van der Waals surface area contributed by atoms with Crippen LogP contribution in [0.2, 0.25) is 0 Å². The number of hydrogen-bond acceptors (Lipinski definition) is 4. The van der Waals surface area contributed by atoms with Crippen molar-refractivity contribution >= 4 is 9.84 Å². The molecule has 0 unspecified atom stereocenters. The van der Waals surface area contributed by atoms with E-state index >= 15 is 0 Å². The Hall–Kier alpha value is -2.19. The number of pyridine rings is 1. The van der Waals surface area contributed by atoms with Gasteiger partial charge in [-0.2, -0.15) is 5.26 Å². The molecule has 1 heterocycles. The molecule has 0 saturated heterocycles. The van der Waals surface area contributed by atoms with Gasteiger partial charge in [0.2, 0.25) is 0 Å². The number of aromatic nitrogens is 1. The molecule has 24 heavy (non-hydrogen) atoms. The average Bonchev–Trinajstić information content (AvgIpc) is 2.62. The van der Waals surface area contributed by atoms with Crippen LogP contribution in [0.5, 0.6) is 0 Å². The van der Waals surface area contributed by atoms with E-state index in [0.29, 0.717) is 12.8 Å². The van der Waals surface area contributed by atoms with Gasteiger partial charge < -0.3 is 0 Å². The highest BCUT2D eigenvalue weighted by Gasteiger charge is 2.31. The Morgan fingerprint density at radius 2 is 1.75 bits per heavy atom. The van der Waals surface area contributed by atoms with E-state index in [1.165, 1.54) is 0 Å². The van der Waals surface area contributed by atoms with Gasteiger partial charge in [0, 0.05) is 11.8 Å². The standard InChI is InChI=1S/C19H20N2O2S/c1-14-7-9-15(10-8-14)16-11-19(18(12-20)21-13-16)24(22,23)17-5-3-2-4-6-17/h7-11,13,17H,2-6H2,1H3. The molecule has 5 heteroatoms. The highest BCUT2D eigenvalue weighted by molar-refractivity contribution is 7.92. The monoisotopic (exact) mass is 340 g/mol. The number of nitrogens with zero attached hydrogens (tertiary/aromatic N) is 2. The molecule has 4 nitrogen and oxygen atoms in total. The minimum absolute atomic E-state index is 0.00330. The summed E-state index contributed by atoms with van der Waals surface area (Å²) < 4.78 is 26.0. The number of rotatable bonds is 3. The van der Waals surface area contributed by atoms with E-state index in [9.17, 15) is 13.7 Å². The maximum atomic E-state index is 13.0. The van der Waals surface area contributed by atoms with Crippen LogP contribution in [0.3, 0.4) is 0 Å². The molecule has 1 fully saturated rings. The van der Waals surface area contributed by atoms with Gasteiger partial charge in [-0.25, -0.2) is 13.4 Å². The van der Waals surface area contributed by atoms with Crippen LogP contribution < -0.4 is 0 Å². The summed E-state index contributed by atoms with van der Waals surface area (Å²) in [6.07, 6.45) is 5.85. The largest absolute Gasteiger partial charge is 0.244 e. The third kappa shape index (κ3) is 3.20. The fraction of sp³-hybridized carbons (Fsp3) is 0.368. The molecule has 0 bridgehead atoms. The van der Waals surface area contributed by atoms with Crippen LogP contribution in [0, 0.1) is 18.3 Å². The highest BCUT2D eigenvalue weighted by atomic mass is 32.2. The lowest BCUT2D eigenvalue weighted by atomic mass is 10.0. The van der Waals surface area contributed by atoms with E-state index in [1.807, 2.05) is 37.3 Å². The summed E-state index contributed by atoms with van der Waals surface area (Å²) in [6, 6.07) is 11.4. The first-order valence-electron chi connectivity index (χ1n) is 8.23. The molecular weight excluding hydrogens is 320 g/mol. The normalized spacial score (nSPS) is 15.8. The summed E-state index contributed by atoms with van der Waals surface area (Å²) >= 11 is 0. The van der Waals surface area contributed by atoms with E-state index in [0.717, 1.165) is 36.0 Å². The fourth-order valence-electron chi connectivity index (χ4n) is 3.20. The van der Waals surface area contributed by atoms with E-state index in [1.54, 1.807) is 12.3 Å². The van der Waals surface area contributed by atoms with Crippen molar-refractivity contribution in [3.63, 3.8) is 0 Å². The topological polar surface area (TPSA) is 70.8 Å². The molecule has 1 aromatic carbocycles. The van der Waals surface area contributed by atoms with Crippen LogP contribution in [0.15, 0.2) is 41.4 Å². The lowest BCUT2D eigenvalue weighted by Gasteiger charge is -2.22. The smallest absolute Gasteiger partial charge is 0.184 e. The van der Waals surface area contributed by atoms with Crippen molar-refractivity contribution in [2.45, 2.75) is 49.2 Å². The first kappa shape index (κ1) is 16.7.